The third kappa shape index (κ3) is 4.64. The molecule has 1 amide bonds. The van der Waals surface area contributed by atoms with Crippen molar-refractivity contribution in [1.29, 1.82) is 0 Å². The number of hydrogen-bond acceptors (Lipinski definition) is 4. The van der Waals surface area contributed by atoms with E-state index in [0.29, 0.717) is 26.2 Å². The summed E-state index contributed by atoms with van der Waals surface area (Å²) in [4.78, 5) is 19.7. The summed E-state index contributed by atoms with van der Waals surface area (Å²) in [6.07, 6.45) is 0. The molecule has 2 heterocycles. The Hall–Kier alpha value is -1.96. The SMILES string of the molecule is CN1CSC(C)(C)[C@H]1C(=O)N1CCN(C(c2ccc(F)cc2)c2ccc(F)cc2)CC1. The Morgan fingerprint density at radius 2 is 1.42 bits per heavy atom. The van der Waals surface area contributed by atoms with E-state index >= 15 is 0 Å². The van der Waals surface area contributed by atoms with Gasteiger partial charge < -0.3 is 4.90 Å². The summed E-state index contributed by atoms with van der Waals surface area (Å²) in [5.74, 6) is 0.495. The van der Waals surface area contributed by atoms with Gasteiger partial charge in [0.15, 0.2) is 0 Å². The van der Waals surface area contributed by atoms with Crippen LogP contribution in [0.25, 0.3) is 0 Å². The van der Waals surface area contributed by atoms with Gasteiger partial charge in [-0.2, -0.15) is 0 Å². The summed E-state index contributed by atoms with van der Waals surface area (Å²) in [7, 11) is 2.01. The highest BCUT2D eigenvalue weighted by Gasteiger charge is 2.46. The van der Waals surface area contributed by atoms with Gasteiger partial charge in [-0.3, -0.25) is 14.6 Å². The van der Waals surface area contributed by atoms with E-state index in [1.807, 2.05) is 23.7 Å². The highest BCUT2D eigenvalue weighted by molar-refractivity contribution is 8.00. The normalized spacial score (nSPS) is 22.3. The van der Waals surface area contributed by atoms with E-state index in [2.05, 4.69) is 23.6 Å². The van der Waals surface area contributed by atoms with Crippen LogP contribution < -0.4 is 0 Å². The second-order valence-corrected chi connectivity index (χ2v) is 10.5. The maximum atomic E-state index is 13.5. The standard InChI is InChI=1S/C24H29F2N3OS/c1-24(2)22(27(3)16-31-24)23(30)29-14-12-28(13-15-29)21(17-4-8-19(25)9-5-17)18-6-10-20(26)11-7-18/h4-11,21-22H,12-16H2,1-3H3/t22-/m1/s1. The van der Waals surface area contributed by atoms with Crippen molar-refractivity contribution in [2.24, 2.45) is 0 Å². The van der Waals surface area contributed by atoms with E-state index in [-0.39, 0.29) is 34.4 Å². The van der Waals surface area contributed by atoms with Crippen LogP contribution in [0.2, 0.25) is 0 Å². The Morgan fingerprint density at radius 3 is 1.84 bits per heavy atom. The van der Waals surface area contributed by atoms with Crippen LogP contribution in [0.5, 0.6) is 0 Å². The largest absolute Gasteiger partial charge is 0.339 e. The lowest BCUT2D eigenvalue weighted by molar-refractivity contribution is -0.138. The molecule has 1 atom stereocenters. The molecule has 0 aliphatic carbocycles. The van der Waals surface area contributed by atoms with Crippen molar-refractivity contribution in [3.8, 4) is 0 Å². The molecule has 0 radical (unpaired) electrons. The number of carbonyl (C=O) groups is 1. The smallest absolute Gasteiger partial charge is 0.241 e. The number of thioether (sulfide) groups is 1. The molecule has 2 fully saturated rings. The summed E-state index contributed by atoms with van der Waals surface area (Å²) in [5.41, 5.74) is 1.92. The van der Waals surface area contributed by atoms with Crippen molar-refractivity contribution in [2.75, 3.05) is 39.1 Å². The van der Waals surface area contributed by atoms with E-state index in [1.54, 1.807) is 24.3 Å². The molecule has 0 unspecified atom stereocenters. The van der Waals surface area contributed by atoms with E-state index in [1.165, 1.54) is 24.3 Å². The number of carbonyl (C=O) groups excluding carboxylic acids is 1. The molecule has 4 rings (SSSR count). The van der Waals surface area contributed by atoms with Crippen LogP contribution in [0, 0.1) is 11.6 Å². The Bertz CT molecular complexity index is 866. The molecule has 2 aliphatic rings. The minimum Gasteiger partial charge on any atom is -0.339 e. The number of likely N-dealkylation sites (N-methyl/N-ethyl adjacent to an activating group) is 1. The molecule has 2 aromatic rings. The fraction of sp³-hybridized carbons (Fsp3) is 0.458. The Kier molecular flexibility index (Phi) is 6.37. The molecule has 2 saturated heterocycles. The van der Waals surface area contributed by atoms with Crippen molar-refractivity contribution in [3.05, 3.63) is 71.3 Å². The van der Waals surface area contributed by atoms with E-state index < -0.39 is 0 Å². The van der Waals surface area contributed by atoms with Crippen molar-refractivity contribution >= 4 is 17.7 Å². The molecular formula is C24H29F2N3OS. The quantitative estimate of drug-likeness (QED) is 0.711. The molecule has 31 heavy (non-hydrogen) atoms. The molecule has 0 bridgehead atoms. The first-order valence-corrected chi connectivity index (χ1v) is 11.6. The van der Waals surface area contributed by atoms with Gasteiger partial charge in [0.2, 0.25) is 5.91 Å². The van der Waals surface area contributed by atoms with E-state index in [0.717, 1.165) is 17.0 Å². The molecule has 2 aliphatic heterocycles. The minimum atomic E-state index is -0.279. The Labute approximate surface area is 187 Å². The number of amides is 1. The van der Waals surface area contributed by atoms with Gasteiger partial charge in [-0.05, 0) is 56.3 Å². The van der Waals surface area contributed by atoms with Crippen LogP contribution in [-0.4, -0.2) is 70.5 Å². The minimum absolute atomic E-state index is 0.103. The highest BCUT2D eigenvalue weighted by atomic mass is 32.2. The lowest BCUT2D eigenvalue weighted by Gasteiger charge is -2.42. The van der Waals surface area contributed by atoms with Gasteiger partial charge in [0.25, 0.3) is 0 Å². The first kappa shape index (κ1) is 22.2. The fourth-order valence-electron chi connectivity index (χ4n) is 4.72. The van der Waals surface area contributed by atoms with Gasteiger partial charge in [0.1, 0.15) is 17.7 Å². The first-order chi connectivity index (χ1) is 14.8. The topological polar surface area (TPSA) is 26.8 Å². The van der Waals surface area contributed by atoms with Gasteiger partial charge in [-0.25, -0.2) is 8.78 Å². The van der Waals surface area contributed by atoms with Crippen LogP contribution >= 0.6 is 11.8 Å². The second-order valence-electron chi connectivity index (χ2n) is 8.90. The zero-order chi connectivity index (χ0) is 22.2. The Morgan fingerprint density at radius 1 is 0.935 bits per heavy atom. The van der Waals surface area contributed by atoms with Gasteiger partial charge in [0, 0.05) is 36.8 Å². The summed E-state index contributed by atoms with van der Waals surface area (Å²) in [5, 5.41) is 0. The van der Waals surface area contributed by atoms with Crippen LogP contribution in [-0.2, 0) is 4.79 Å². The lowest BCUT2D eigenvalue weighted by Crippen LogP contribution is -2.57. The third-order valence-corrected chi connectivity index (χ3v) is 7.84. The van der Waals surface area contributed by atoms with Crippen LogP contribution in [0.3, 0.4) is 0 Å². The second kappa shape index (κ2) is 8.88. The molecule has 0 saturated carbocycles. The lowest BCUT2D eigenvalue weighted by atomic mass is 9.96. The average Bonchev–Trinajstić information content (AvgIpc) is 3.03. The predicted octanol–water partition coefficient (Wildman–Crippen LogP) is 3.98. The highest BCUT2D eigenvalue weighted by Crippen LogP contribution is 2.39. The number of halogens is 2. The molecule has 0 N–H and O–H groups in total. The number of benzene rings is 2. The number of rotatable bonds is 4. The summed E-state index contributed by atoms with van der Waals surface area (Å²) < 4.78 is 26.9. The first-order valence-electron chi connectivity index (χ1n) is 10.6. The molecule has 0 spiro atoms. The number of nitrogens with zero attached hydrogens (tertiary/aromatic N) is 3. The van der Waals surface area contributed by atoms with Crippen molar-refractivity contribution in [1.82, 2.24) is 14.7 Å². The van der Waals surface area contributed by atoms with Crippen LogP contribution in [0.1, 0.15) is 31.0 Å². The maximum absolute atomic E-state index is 13.5. The molecular weight excluding hydrogens is 416 g/mol. The molecule has 4 nitrogen and oxygen atoms in total. The zero-order valence-corrected chi connectivity index (χ0v) is 19.0. The van der Waals surface area contributed by atoms with Crippen molar-refractivity contribution in [3.63, 3.8) is 0 Å². The van der Waals surface area contributed by atoms with Crippen molar-refractivity contribution in [2.45, 2.75) is 30.7 Å². The van der Waals surface area contributed by atoms with Crippen molar-refractivity contribution < 1.29 is 13.6 Å². The molecule has 2 aromatic carbocycles. The molecule has 7 heteroatoms. The zero-order valence-electron chi connectivity index (χ0n) is 18.2. The van der Waals surface area contributed by atoms with Gasteiger partial charge in [-0.15, -0.1) is 11.8 Å². The summed E-state index contributed by atoms with van der Waals surface area (Å²) >= 11 is 1.82. The monoisotopic (exact) mass is 445 g/mol. The number of piperazine rings is 1. The van der Waals surface area contributed by atoms with Crippen LogP contribution in [0.15, 0.2) is 48.5 Å². The summed E-state index contributed by atoms with van der Waals surface area (Å²) in [6, 6.07) is 12.8. The third-order valence-electron chi connectivity index (χ3n) is 6.34. The van der Waals surface area contributed by atoms with E-state index in [9.17, 15) is 13.6 Å². The maximum Gasteiger partial charge on any atom is 0.241 e. The fourth-order valence-corrected chi connectivity index (χ4v) is 5.84. The summed E-state index contributed by atoms with van der Waals surface area (Å²) in [6.45, 7) is 6.97. The molecule has 0 aromatic heterocycles. The molecule has 166 valence electrons. The van der Waals surface area contributed by atoms with Gasteiger partial charge in [0.05, 0.1) is 6.04 Å². The average molecular weight is 446 g/mol. The van der Waals surface area contributed by atoms with E-state index in [4.69, 9.17) is 0 Å². The van der Waals surface area contributed by atoms with Gasteiger partial charge in [-0.1, -0.05) is 24.3 Å². The number of hydrogen-bond donors (Lipinski definition) is 0. The Balaban J connectivity index is 1.52. The predicted molar refractivity (Wildman–Crippen MR) is 121 cm³/mol. The van der Waals surface area contributed by atoms with Gasteiger partial charge >= 0.3 is 0 Å². The van der Waals surface area contributed by atoms with Crippen LogP contribution in [0.4, 0.5) is 8.78 Å².